The highest BCUT2D eigenvalue weighted by molar-refractivity contribution is 6.31. The van der Waals surface area contributed by atoms with Crippen molar-refractivity contribution in [2.75, 3.05) is 11.9 Å². The highest BCUT2D eigenvalue weighted by atomic mass is 35.5. The van der Waals surface area contributed by atoms with E-state index in [1.165, 1.54) is 5.56 Å². The molecule has 0 unspecified atom stereocenters. The van der Waals surface area contributed by atoms with Crippen LogP contribution < -0.4 is 10.1 Å². The van der Waals surface area contributed by atoms with Crippen molar-refractivity contribution in [2.45, 2.75) is 20.8 Å². The van der Waals surface area contributed by atoms with Gasteiger partial charge < -0.3 is 10.1 Å². The number of nitrogens with one attached hydrogen (secondary N) is 1. The molecule has 3 aromatic carbocycles. The van der Waals surface area contributed by atoms with Crippen LogP contribution in [0.4, 0.5) is 5.69 Å². The van der Waals surface area contributed by atoms with E-state index in [1.807, 2.05) is 55.5 Å². The molecule has 0 aliphatic carbocycles. The molecule has 0 aliphatic rings. The van der Waals surface area contributed by atoms with E-state index >= 15 is 0 Å². The summed E-state index contributed by atoms with van der Waals surface area (Å²) in [4.78, 5) is 17.1. The number of carbonyl (C=O) groups is 1. The van der Waals surface area contributed by atoms with Gasteiger partial charge in [-0.2, -0.15) is 4.98 Å². The van der Waals surface area contributed by atoms with Crippen molar-refractivity contribution in [3.63, 3.8) is 0 Å². The Bertz CT molecular complexity index is 1250. The van der Waals surface area contributed by atoms with E-state index in [9.17, 15) is 4.79 Å². The molecule has 0 bridgehead atoms. The topological polar surface area (TPSA) is 69.0 Å². The number of anilines is 1. The molecule has 33 heavy (non-hydrogen) atoms. The summed E-state index contributed by atoms with van der Waals surface area (Å²) in [5.41, 5.74) is 4.07. The molecule has 1 amide bonds. The van der Waals surface area contributed by atoms with Gasteiger partial charge in [-0.15, -0.1) is 5.10 Å². The molecule has 7 heteroatoms. The van der Waals surface area contributed by atoms with Gasteiger partial charge in [0.1, 0.15) is 0 Å². The van der Waals surface area contributed by atoms with Crippen molar-refractivity contribution in [3.05, 3.63) is 88.9 Å². The summed E-state index contributed by atoms with van der Waals surface area (Å²) >= 11 is 5.99. The zero-order valence-corrected chi connectivity index (χ0v) is 19.5. The van der Waals surface area contributed by atoms with Crippen molar-refractivity contribution < 1.29 is 9.53 Å². The molecule has 0 fully saturated rings. The van der Waals surface area contributed by atoms with E-state index in [4.69, 9.17) is 16.3 Å². The predicted molar refractivity (Wildman–Crippen MR) is 131 cm³/mol. The zero-order chi connectivity index (χ0) is 23.4. The lowest BCUT2D eigenvalue weighted by Gasteiger charge is -2.09. The largest absolute Gasteiger partial charge is 0.462 e. The van der Waals surface area contributed by atoms with Crippen LogP contribution >= 0.6 is 11.6 Å². The SMILES string of the molecule is Cc1ccc(-c2nc(OCC(C)C)nn2-c2ccc(NC(=O)c3cccc(Cl)c3)cc2)cc1. The van der Waals surface area contributed by atoms with Crippen LogP contribution in [0, 0.1) is 12.8 Å². The molecule has 4 rings (SSSR count). The third-order valence-corrected chi connectivity index (χ3v) is 5.13. The highest BCUT2D eigenvalue weighted by Crippen LogP contribution is 2.25. The molecule has 168 valence electrons. The first kappa shape index (κ1) is 22.6. The summed E-state index contributed by atoms with van der Waals surface area (Å²) in [7, 11) is 0. The van der Waals surface area contributed by atoms with Gasteiger partial charge in [0.2, 0.25) is 0 Å². The summed E-state index contributed by atoms with van der Waals surface area (Å²) in [6, 6.07) is 22.7. The molecular formula is C26H25ClN4O2. The number of aromatic nitrogens is 3. The molecular weight excluding hydrogens is 436 g/mol. The maximum absolute atomic E-state index is 12.5. The van der Waals surface area contributed by atoms with Gasteiger partial charge in [-0.05, 0) is 55.3 Å². The summed E-state index contributed by atoms with van der Waals surface area (Å²) < 4.78 is 7.53. The quantitative estimate of drug-likeness (QED) is 0.357. The van der Waals surface area contributed by atoms with Gasteiger partial charge in [0, 0.05) is 21.8 Å². The van der Waals surface area contributed by atoms with Gasteiger partial charge in [-0.1, -0.05) is 61.3 Å². The number of nitrogens with zero attached hydrogens (tertiary/aromatic N) is 3. The number of ether oxygens (including phenoxy) is 1. The molecule has 1 N–H and O–H groups in total. The van der Waals surface area contributed by atoms with Crippen molar-refractivity contribution in [1.82, 2.24) is 14.8 Å². The smallest absolute Gasteiger partial charge is 0.336 e. The Balaban J connectivity index is 1.60. The van der Waals surface area contributed by atoms with E-state index < -0.39 is 0 Å². The average Bonchev–Trinajstić information content (AvgIpc) is 3.23. The third-order valence-electron chi connectivity index (χ3n) is 4.90. The van der Waals surface area contributed by atoms with Crippen molar-refractivity contribution >= 4 is 23.2 Å². The Morgan fingerprint density at radius 1 is 1.06 bits per heavy atom. The first-order valence-electron chi connectivity index (χ1n) is 10.7. The minimum atomic E-state index is -0.226. The molecule has 0 aliphatic heterocycles. The molecule has 0 saturated carbocycles. The van der Waals surface area contributed by atoms with Gasteiger partial charge in [0.15, 0.2) is 5.82 Å². The minimum absolute atomic E-state index is 0.226. The standard InChI is InChI=1S/C26H25ClN4O2/c1-17(2)16-33-26-29-24(19-9-7-18(3)8-10-19)31(30-26)23-13-11-22(12-14-23)28-25(32)20-5-4-6-21(27)15-20/h4-15,17H,16H2,1-3H3,(H,28,32). The molecule has 0 atom stereocenters. The number of benzene rings is 3. The minimum Gasteiger partial charge on any atom is -0.462 e. The van der Waals surface area contributed by atoms with Gasteiger partial charge in [0.05, 0.1) is 12.3 Å². The Morgan fingerprint density at radius 2 is 1.79 bits per heavy atom. The second kappa shape index (κ2) is 9.88. The average molecular weight is 461 g/mol. The second-order valence-electron chi connectivity index (χ2n) is 8.21. The number of halogens is 1. The van der Waals surface area contributed by atoms with Crippen LogP contribution in [0.1, 0.15) is 29.8 Å². The Hall–Kier alpha value is -3.64. The predicted octanol–water partition coefficient (Wildman–Crippen LogP) is 6.18. The lowest BCUT2D eigenvalue weighted by molar-refractivity contribution is 0.102. The fourth-order valence-electron chi connectivity index (χ4n) is 3.18. The zero-order valence-electron chi connectivity index (χ0n) is 18.7. The molecule has 4 aromatic rings. The lowest BCUT2D eigenvalue weighted by atomic mass is 10.1. The summed E-state index contributed by atoms with van der Waals surface area (Å²) in [5.74, 6) is 0.822. The van der Waals surface area contributed by atoms with Crippen molar-refractivity contribution in [2.24, 2.45) is 5.92 Å². The monoisotopic (exact) mass is 460 g/mol. The second-order valence-corrected chi connectivity index (χ2v) is 8.65. The molecule has 0 radical (unpaired) electrons. The van der Waals surface area contributed by atoms with E-state index in [2.05, 4.69) is 29.2 Å². The fourth-order valence-corrected chi connectivity index (χ4v) is 3.37. The maximum Gasteiger partial charge on any atom is 0.336 e. The van der Waals surface area contributed by atoms with E-state index in [0.29, 0.717) is 40.6 Å². The first-order chi connectivity index (χ1) is 15.9. The van der Waals surface area contributed by atoms with Crippen LogP contribution in [0.25, 0.3) is 17.1 Å². The van der Waals surface area contributed by atoms with Crippen LogP contribution in [0.2, 0.25) is 5.02 Å². The molecule has 1 heterocycles. The molecule has 6 nitrogen and oxygen atoms in total. The van der Waals surface area contributed by atoms with E-state index in [-0.39, 0.29) is 5.91 Å². The third kappa shape index (κ3) is 5.59. The Morgan fingerprint density at radius 3 is 2.45 bits per heavy atom. The summed E-state index contributed by atoms with van der Waals surface area (Å²) in [6.07, 6.45) is 0. The first-order valence-corrected chi connectivity index (χ1v) is 11.1. The van der Waals surface area contributed by atoms with Crippen molar-refractivity contribution in [3.8, 4) is 23.1 Å². The van der Waals surface area contributed by atoms with Crippen LogP contribution in [0.3, 0.4) is 0 Å². The number of aryl methyl sites for hydroxylation is 1. The van der Waals surface area contributed by atoms with Gasteiger partial charge in [-0.3, -0.25) is 4.79 Å². The lowest BCUT2D eigenvalue weighted by Crippen LogP contribution is -2.11. The normalized spacial score (nSPS) is 10.9. The fraction of sp³-hybridized carbons (Fsp3) is 0.192. The van der Waals surface area contributed by atoms with Crippen LogP contribution in [0.15, 0.2) is 72.8 Å². The number of carbonyl (C=O) groups excluding carboxylic acids is 1. The Labute approximate surface area is 198 Å². The summed E-state index contributed by atoms with van der Waals surface area (Å²) in [6.45, 7) is 6.73. The van der Waals surface area contributed by atoms with Gasteiger partial charge in [-0.25, -0.2) is 4.68 Å². The maximum atomic E-state index is 12.5. The molecule has 0 spiro atoms. The van der Waals surface area contributed by atoms with Crippen molar-refractivity contribution in [1.29, 1.82) is 0 Å². The number of hydrogen-bond acceptors (Lipinski definition) is 4. The van der Waals surface area contributed by atoms with Crippen LogP contribution in [-0.4, -0.2) is 27.3 Å². The highest BCUT2D eigenvalue weighted by Gasteiger charge is 2.15. The number of hydrogen-bond donors (Lipinski definition) is 1. The van der Waals surface area contributed by atoms with Gasteiger partial charge in [0.25, 0.3) is 5.91 Å². The molecule has 0 saturated heterocycles. The molecule has 1 aromatic heterocycles. The van der Waals surface area contributed by atoms with E-state index in [0.717, 1.165) is 11.3 Å². The Kier molecular flexibility index (Phi) is 6.75. The van der Waals surface area contributed by atoms with Crippen LogP contribution in [-0.2, 0) is 0 Å². The van der Waals surface area contributed by atoms with E-state index in [1.54, 1.807) is 28.9 Å². The van der Waals surface area contributed by atoms with Gasteiger partial charge >= 0.3 is 6.01 Å². The summed E-state index contributed by atoms with van der Waals surface area (Å²) in [5, 5.41) is 7.98. The van der Waals surface area contributed by atoms with Crippen LogP contribution in [0.5, 0.6) is 6.01 Å². The number of amides is 1. The number of rotatable bonds is 7.